The lowest BCUT2D eigenvalue weighted by Crippen LogP contribution is -2.56. The van der Waals surface area contributed by atoms with E-state index >= 15 is 0 Å². The van der Waals surface area contributed by atoms with Crippen LogP contribution >= 0.6 is 0 Å². The quantitative estimate of drug-likeness (QED) is 0.243. The van der Waals surface area contributed by atoms with Gasteiger partial charge in [0.05, 0.1) is 17.5 Å². The number of imide groups is 1. The highest BCUT2D eigenvalue weighted by Gasteiger charge is 2.68. The molecule has 2 fully saturated rings. The highest BCUT2D eigenvalue weighted by molar-refractivity contribution is 6.24. The van der Waals surface area contributed by atoms with Crippen LogP contribution in [0.1, 0.15) is 52.9 Å². The number of Topliss-reactive ketones (excluding diaryl/α,β-unsaturated/α-hetero) is 1. The van der Waals surface area contributed by atoms with E-state index in [1.54, 1.807) is 0 Å². The lowest BCUT2D eigenvalue weighted by Gasteiger charge is -2.31. The fourth-order valence-corrected chi connectivity index (χ4v) is 5.58. The van der Waals surface area contributed by atoms with Crippen LogP contribution < -0.4 is 21.3 Å². The third kappa shape index (κ3) is 4.48. The highest BCUT2D eigenvalue weighted by atomic mass is 16.4. The first-order chi connectivity index (χ1) is 17.5. The number of carbonyl (C=O) groups excluding carboxylic acids is 4. The van der Waals surface area contributed by atoms with E-state index in [1.807, 2.05) is 32.0 Å². The molecule has 2 aliphatic rings. The number of amides is 4. The Bertz CT molecular complexity index is 1290. The molecule has 0 radical (unpaired) electrons. The van der Waals surface area contributed by atoms with Gasteiger partial charge in [0, 0.05) is 18.2 Å². The molecule has 4 rings (SSSR count). The molecule has 0 spiro atoms. The van der Waals surface area contributed by atoms with E-state index in [1.165, 1.54) is 31.2 Å². The van der Waals surface area contributed by atoms with E-state index in [0.717, 1.165) is 21.6 Å². The fraction of sp³-hybridized carbons (Fsp3) is 0.370. The Kier molecular flexibility index (Phi) is 6.88. The number of fused-ring (bicyclic) bond motifs is 1. The summed E-state index contributed by atoms with van der Waals surface area (Å²) in [5.41, 5.74) is 6.66. The van der Waals surface area contributed by atoms with Gasteiger partial charge < -0.3 is 16.2 Å². The summed E-state index contributed by atoms with van der Waals surface area (Å²) in [7, 11) is 0. The fourth-order valence-electron chi connectivity index (χ4n) is 5.58. The normalized spacial score (nSPS) is 24.7. The summed E-state index contributed by atoms with van der Waals surface area (Å²) in [6.07, 6.45) is 0.209. The van der Waals surface area contributed by atoms with Crippen LogP contribution in [-0.4, -0.2) is 46.8 Å². The minimum atomic E-state index is -1.74. The minimum absolute atomic E-state index is 0.0126. The Hall–Kier alpha value is -4.05. The Labute approximate surface area is 214 Å². The summed E-state index contributed by atoms with van der Waals surface area (Å²) in [6.45, 7) is 5.32. The van der Waals surface area contributed by atoms with E-state index < -0.39 is 47.2 Å². The van der Waals surface area contributed by atoms with Crippen LogP contribution in [0.5, 0.6) is 0 Å². The van der Waals surface area contributed by atoms with Gasteiger partial charge in [0.15, 0.2) is 5.78 Å². The van der Waals surface area contributed by atoms with Crippen molar-refractivity contribution in [3.05, 3.63) is 64.7 Å². The van der Waals surface area contributed by atoms with E-state index in [2.05, 4.69) is 10.6 Å². The van der Waals surface area contributed by atoms with Crippen molar-refractivity contribution in [3.63, 3.8) is 0 Å². The molecule has 4 amide bonds. The maximum atomic E-state index is 13.9. The number of anilines is 1. The number of primary amides is 1. The predicted octanol–water partition coefficient (Wildman–Crippen LogP) is 2.23. The number of nitrogens with zero attached hydrogens (tertiary/aromatic N) is 1. The third-order valence-corrected chi connectivity index (χ3v) is 7.38. The van der Waals surface area contributed by atoms with E-state index in [4.69, 9.17) is 5.73 Å². The highest BCUT2D eigenvalue weighted by Crippen LogP contribution is 2.51. The third-order valence-electron chi connectivity index (χ3n) is 7.38. The first kappa shape index (κ1) is 26.0. The topological polar surface area (TPSA) is 159 Å². The van der Waals surface area contributed by atoms with Crippen LogP contribution in [0.2, 0.25) is 0 Å². The van der Waals surface area contributed by atoms with Gasteiger partial charge in [0.2, 0.25) is 11.8 Å². The first-order valence-electron chi connectivity index (χ1n) is 12.1. The van der Waals surface area contributed by atoms with Gasteiger partial charge in [-0.25, -0.2) is 9.69 Å². The standard InChI is InChI=1S/C27H30N4O6/c1-14-5-6-15(2)19(13-14)22-20-21(27(30-22,25(35)36)11-4-12-29-26(28)37)24(34)31(23(20)33)18-9-7-17(8-10-18)16(3)32/h5-10,13,20-22,30H,4,11-12H2,1-3H3,(H,35,36)(H3,28,29,37). The average Bonchev–Trinajstić information content (AvgIpc) is 3.32. The SMILES string of the molecule is CC(=O)c1ccc(N2C(=O)C3C(c4cc(C)ccc4C)NC(CCCNC(N)=O)(C(=O)O)C3C2=O)cc1. The Morgan fingerprint density at radius 3 is 2.35 bits per heavy atom. The maximum Gasteiger partial charge on any atom is 0.324 e. The van der Waals surface area contributed by atoms with E-state index in [-0.39, 0.29) is 30.9 Å². The molecule has 2 aromatic rings. The summed E-state index contributed by atoms with van der Waals surface area (Å²) in [5.74, 6) is -4.65. The van der Waals surface area contributed by atoms with Crippen LogP contribution in [0, 0.1) is 25.7 Å². The number of nitrogens with two attached hydrogens (primary N) is 1. The second-order valence-corrected chi connectivity index (χ2v) is 9.77. The van der Waals surface area contributed by atoms with E-state index in [9.17, 15) is 29.1 Å². The lowest BCUT2D eigenvalue weighted by molar-refractivity contribution is -0.149. The van der Waals surface area contributed by atoms with Gasteiger partial charge in [-0.15, -0.1) is 0 Å². The zero-order valence-corrected chi connectivity index (χ0v) is 20.9. The summed E-state index contributed by atoms with van der Waals surface area (Å²) in [6, 6.07) is 10.4. The molecule has 10 heteroatoms. The average molecular weight is 507 g/mol. The van der Waals surface area contributed by atoms with Crippen molar-refractivity contribution in [2.45, 2.75) is 45.2 Å². The van der Waals surface area contributed by atoms with Gasteiger partial charge in [-0.1, -0.05) is 23.8 Å². The molecule has 2 saturated heterocycles. The molecular formula is C27H30N4O6. The second kappa shape index (κ2) is 9.78. The van der Waals surface area contributed by atoms with Gasteiger partial charge in [-0.3, -0.25) is 24.5 Å². The van der Waals surface area contributed by atoms with Gasteiger partial charge >= 0.3 is 12.0 Å². The van der Waals surface area contributed by atoms with E-state index in [0.29, 0.717) is 5.56 Å². The number of aryl methyl sites for hydroxylation is 2. The van der Waals surface area contributed by atoms with Crippen molar-refractivity contribution in [1.82, 2.24) is 10.6 Å². The van der Waals surface area contributed by atoms with Crippen LogP contribution in [-0.2, 0) is 14.4 Å². The molecular weight excluding hydrogens is 476 g/mol. The summed E-state index contributed by atoms with van der Waals surface area (Å²) in [5, 5.41) is 16.1. The van der Waals surface area contributed by atoms with Crippen molar-refractivity contribution in [3.8, 4) is 0 Å². The number of benzene rings is 2. The van der Waals surface area contributed by atoms with Crippen molar-refractivity contribution in [1.29, 1.82) is 0 Å². The molecule has 4 unspecified atom stereocenters. The van der Waals surface area contributed by atoms with Crippen molar-refractivity contribution < 1.29 is 29.1 Å². The van der Waals surface area contributed by atoms with Crippen molar-refractivity contribution in [2.75, 3.05) is 11.4 Å². The number of ketones is 1. The molecule has 2 aromatic carbocycles. The van der Waals surface area contributed by atoms with Gasteiger partial charge in [-0.2, -0.15) is 0 Å². The summed E-state index contributed by atoms with van der Waals surface area (Å²) >= 11 is 0. The molecule has 37 heavy (non-hydrogen) atoms. The number of carboxylic acids is 1. The van der Waals surface area contributed by atoms with Crippen LogP contribution in [0.15, 0.2) is 42.5 Å². The Morgan fingerprint density at radius 1 is 1.08 bits per heavy atom. The number of hydrogen-bond acceptors (Lipinski definition) is 6. The molecule has 2 aliphatic heterocycles. The molecule has 0 aromatic heterocycles. The number of urea groups is 1. The van der Waals surface area contributed by atoms with Crippen LogP contribution in [0.3, 0.4) is 0 Å². The zero-order valence-electron chi connectivity index (χ0n) is 20.9. The van der Waals surface area contributed by atoms with Gasteiger partial charge in [0.25, 0.3) is 0 Å². The number of nitrogens with one attached hydrogen (secondary N) is 2. The summed E-state index contributed by atoms with van der Waals surface area (Å²) in [4.78, 5) is 64.4. The molecule has 4 atom stereocenters. The monoisotopic (exact) mass is 506 g/mol. The summed E-state index contributed by atoms with van der Waals surface area (Å²) < 4.78 is 0. The molecule has 2 heterocycles. The molecule has 5 N–H and O–H groups in total. The Morgan fingerprint density at radius 2 is 1.76 bits per heavy atom. The smallest absolute Gasteiger partial charge is 0.324 e. The van der Waals surface area contributed by atoms with Gasteiger partial charge in [-0.05, 0) is 69.0 Å². The number of carboxylic acid groups (broad SMARTS) is 1. The maximum absolute atomic E-state index is 13.9. The molecule has 0 aliphatic carbocycles. The second-order valence-electron chi connectivity index (χ2n) is 9.77. The number of rotatable bonds is 8. The molecule has 0 bridgehead atoms. The molecule has 10 nitrogen and oxygen atoms in total. The minimum Gasteiger partial charge on any atom is -0.480 e. The number of hydrogen-bond donors (Lipinski definition) is 4. The Balaban J connectivity index is 1.80. The number of aliphatic carboxylic acids is 1. The first-order valence-corrected chi connectivity index (χ1v) is 12.1. The van der Waals surface area contributed by atoms with Crippen molar-refractivity contribution in [2.24, 2.45) is 17.6 Å². The van der Waals surface area contributed by atoms with Crippen LogP contribution in [0.4, 0.5) is 10.5 Å². The molecule has 0 saturated carbocycles. The largest absolute Gasteiger partial charge is 0.480 e. The van der Waals surface area contributed by atoms with Gasteiger partial charge in [0.1, 0.15) is 5.54 Å². The van der Waals surface area contributed by atoms with Crippen molar-refractivity contribution >= 4 is 35.3 Å². The molecule has 194 valence electrons. The predicted molar refractivity (Wildman–Crippen MR) is 135 cm³/mol. The lowest BCUT2D eigenvalue weighted by atomic mass is 9.76. The zero-order chi connectivity index (χ0) is 27.1. The van der Waals surface area contributed by atoms with Crippen LogP contribution in [0.25, 0.3) is 0 Å². The number of carbonyl (C=O) groups is 5.